The van der Waals surface area contributed by atoms with Crippen LogP contribution in [-0.4, -0.2) is 24.0 Å². The molecule has 0 saturated heterocycles. The third-order valence-electron chi connectivity index (χ3n) is 3.01. The van der Waals surface area contributed by atoms with Gasteiger partial charge in [0, 0.05) is 23.4 Å². The van der Waals surface area contributed by atoms with Crippen LogP contribution in [0.15, 0.2) is 24.3 Å². The molecule has 0 bridgehead atoms. The second kappa shape index (κ2) is 7.91. The predicted molar refractivity (Wildman–Crippen MR) is 90.4 cm³/mol. The van der Waals surface area contributed by atoms with Crippen molar-refractivity contribution in [3.05, 3.63) is 29.1 Å². The van der Waals surface area contributed by atoms with E-state index in [1.165, 1.54) is 11.3 Å². The molecule has 1 heterocycles. The third-order valence-corrected chi connectivity index (χ3v) is 3.90. The number of carbonyl (C=O) groups is 1. The van der Waals surface area contributed by atoms with Crippen LogP contribution in [0.4, 0.5) is 5.13 Å². The van der Waals surface area contributed by atoms with Gasteiger partial charge in [0.2, 0.25) is 5.91 Å². The number of aryl methyl sites for hydroxylation is 1. The molecule has 2 rings (SSSR count). The first-order valence-corrected chi connectivity index (χ1v) is 8.16. The average Bonchev–Trinajstić information content (AvgIpc) is 2.86. The molecule has 5 nitrogen and oxygen atoms in total. The number of thiazole rings is 1. The molecule has 0 atom stereocenters. The Balaban J connectivity index is 2.11. The Hall–Kier alpha value is -1.92. The lowest BCUT2D eigenvalue weighted by Gasteiger charge is -2.05. The van der Waals surface area contributed by atoms with E-state index in [1.54, 1.807) is 0 Å². The van der Waals surface area contributed by atoms with Gasteiger partial charge in [0.15, 0.2) is 5.13 Å². The van der Waals surface area contributed by atoms with Crippen molar-refractivity contribution in [1.29, 1.82) is 0 Å². The number of amides is 1. The average molecular weight is 319 g/mol. The largest absolute Gasteiger partial charge is 0.494 e. The summed E-state index contributed by atoms with van der Waals surface area (Å²) in [6.45, 7) is 5.12. The smallest absolute Gasteiger partial charge is 0.227 e. The maximum absolute atomic E-state index is 11.6. The van der Waals surface area contributed by atoms with Gasteiger partial charge in [-0.3, -0.25) is 4.79 Å². The highest BCUT2D eigenvalue weighted by Crippen LogP contribution is 2.31. The van der Waals surface area contributed by atoms with Crippen LogP contribution in [0.25, 0.3) is 11.3 Å². The molecule has 1 aromatic heterocycles. The van der Waals surface area contributed by atoms with E-state index in [4.69, 9.17) is 10.5 Å². The molecule has 0 aliphatic heterocycles. The summed E-state index contributed by atoms with van der Waals surface area (Å²) in [6.07, 6.45) is 1.29. The van der Waals surface area contributed by atoms with Crippen molar-refractivity contribution in [2.45, 2.75) is 26.7 Å². The minimum absolute atomic E-state index is 0.105. The Morgan fingerprint density at radius 1 is 1.36 bits per heavy atom. The summed E-state index contributed by atoms with van der Waals surface area (Å²) < 4.78 is 5.57. The number of anilines is 1. The Labute approximate surface area is 134 Å². The highest BCUT2D eigenvalue weighted by Gasteiger charge is 2.11. The maximum Gasteiger partial charge on any atom is 0.227 e. The standard InChI is InChI=1S/C16H21N3O2S/c1-3-10-21-13-6-4-12(5-7-13)15-11(2)22-16(19-15)18-14(20)8-9-17/h4-7H,3,8-10,17H2,1-2H3,(H,18,19,20). The van der Waals surface area contributed by atoms with Gasteiger partial charge < -0.3 is 15.8 Å². The van der Waals surface area contributed by atoms with Crippen LogP contribution in [0.5, 0.6) is 5.75 Å². The fourth-order valence-corrected chi connectivity index (χ4v) is 2.81. The minimum atomic E-state index is -0.105. The van der Waals surface area contributed by atoms with Crippen molar-refractivity contribution < 1.29 is 9.53 Å². The van der Waals surface area contributed by atoms with Crippen molar-refractivity contribution in [1.82, 2.24) is 4.98 Å². The van der Waals surface area contributed by atoms with E-state index >= 15 is 0 Å². The molecule has 22 heavy (non-hydrogen) atoms. The summed E-state index contributed by atoms with van der Waals surface area (Å²) in [5.74, 6) is 0.751. The first-order valence-electron chi connectivity index (χ1n) is 7.34. The zero-order valence-corrected chi connectivity index (χ0v) is 13.7. The molecule has 0 radical (unpaired) electrons. The Bertz CT molecular complexity index is 623. The molecular formula is C16H21N3O2S. The fraction of sp³-hybridized carbons (Fsp3) is 0.375. The number of rotatable bonds is 7. The Morgan fingerprint density at radius 2 is 2.09 bits per heavy atom. The number of carbonyl (C=O) groups excluding carboxylic acids is 1. The summed E-state index contributed by atoms with van der Waals surface area (Å²) in [4.78, 5) is 17.1. The van der Waals surface area contributed by atoms with Crippen molar-refractivity contribution in [2.75, 3.05) is 18.5 Å². The van der Waals surface area contributed by atoms with Gasteiger partial charge in [-0.2, -0.15) is 0 Å². The van der Waals surface area contributed by atoms with Crippen LogP contribution in [-0.2, 0) is 4.79 Å². The number of aromatic nitrogens is 1. The lowest BCUT2D eigenvalue weighted by molar-refractivity contribution is -0.116. The van der Waals surface area contributed by atoms with Gasteiger partial charge in [-0.1, -0.05) is 6.92 Å². The number of nitrogens with zero attached hydrogens (tertiary/aromatic N) is 1. The normalized spacial score (nSPS) is 10.5. The highest BCUT2D eigenvalue weighted by atomic mass is 32.1. The van der Waals surface area contributed by atoms with E-state index in [0.29, 0.717) is 24.7 Å². The van der Waals surface area contributed by atoms with Gasteiger partial charge in [-0.15, -0.1) is 11.3 Å². The number of ether oxygens (including phenoxy) is 1. The van der Waals surface area contributed by atoms with Crippen molar-refractivity contribution in [3.8, 4) is 17.0 Å². The second-order valence-corrected chi connectivity index (χ2v) is 6.09. The SMILES string of the molecule is CCCOc1ccc(-c2nc(NC(=O)CCN)sc2C)cc1. The van der Waals surface area contributed by atoms with E-state index in [2.05, 4.69) is 17.2 Å². The maximum atomic E-state index is 11.6. The molecule has 0 fully saturated rings. The minimum Gasteiger partial charge on any atom is -0.494 e. The summed E-state index contributed by atoms with van der Waals surface area (Å²) in [5.41, 5.74) is 7.26. The van der Waals surface area contributed by atoms with Gasteiger partial charge in [-0.25, -0.2) is 4.98 Å². The number of hydrogen-bond acceptors (Lipinski definition) is 5. The summed E-state index contributed by atoms with van der Waals surface area (Å²) in [7, 11) is 0. The predicted octanol–water partition coefficient (Wildman–Crippen LogP) is 3.19. The van der Waals surface area contributed by atoms with Crippen LogP contribution in [0.3, 0.4) is 0 Å². The molecule has 3 N–H and O–H groups in total. The third kappa shape index (κ3) is 4.29. The van der Waals surface area contributed by atoms with E-state index < -0.39 is 0 Å². The molecule has 118 valence electrons. The summed E-state index contributed by atoms with van der Waals surface area (Å²) in [5, 5.41) is 3.39. The van der Waals surface area contributed by atoms with Gasteiger partial charge >= 0.3 is 0 Å². The number of nitrogens with one attached hydrogen (secondary N) is 1. The van der Waals surface area contributed by atoms with Gasteiger partial charge in [0.1, 0.15) is 5.75 Å². The Kier molecular flexibility index (Phi) is 5.91. The molecular weight excluding hydrogens is 298 g/mol. The molecule has 0 aliphatic rings. The molecule has 0 aliphatic carbocycles. The first-order chi connectivity index (χ1) is 10.6. The first kappa shape index (κ1) is 16.5. The van der Waals surface area contributed by atoms with Crippen LogP contribution in [0.1, 0.15) is 24.6 Å². The van der Waals surface area contributed by atoms with Crippen LogP contribution >= 0.6 is 11.3 Å². The lowest BCUT2D eigenvalue weighted by Crippen LogP contribution is -2.15. The molecule has 0 unspecified atom stereocenters. The molecule has 1 aromatic carbocycles. The van der Waals surface area contributed by atoms with Gasteiger partial charge in [0.05, 0.1) is 12.3 Å². The monoisotopic (exact) mass is 319 g/mol. The molecule has 2 aromatic rings. The van der Waals surface area contributed by atoms with Crippen LogP contribution < -0.4 is 15.8 Å². The van der Waals surface area contributed by atoms with E-state index in [1.807, 2.05) is 31.2 Å². The van der Waals surface area contributed by atoms with Crippen molar-refractivity contribution in [3.63, 3.8) is 0 Å². The van der Waals surface area contributed by atoms with Gasteiger partial charge in [0.25, 0.3) is 0 Å². The van der Waals surface area contributed by atoms with E-state index in [9.17, 15) is 4.79 Å². The van der Waals surface area contributed by atoms with Crippen LogP contribution in [0.2, 0.25) is 0 Å². The van der Waals surface area contributed by atoms with E-state index in [-0.39, 0.29) is 5.91 Å². The van der Waals surface area contributed by atoms with E-state index in [0.717, 1.165) is 28.3 Å². The zero-order chi connectivity index (χ0) is 15.9. The zero-order valence-electron chi connectivity index (χ0n) is 12.9. The fourth-order valence-electron chi connectivity index (χ4n) is 1.96. The summed E-state index contributed by atoms with van der Waals surface area (Å²) >= 11 is 1.47. The molecule has 6 heteroatoms. The van der Waals surface area contributed by atoms with Crippen molar-refractivity contribution >= 4 is 22.4 Å². The lowest BCUT2D eigenvalue weighted by atomic mass is 10.1. The van der Waals surface area contributed by atoms with Gasteiger partial charge in [-0.05, 0) is 37.6 Å². The molecule has 0 spiro atoms. The van der Waals surface area contributed by atoms with Crippen molar-refractivity contribution in [2.24, 2.45) is 5.73 Å². The highest BCUT2D eigenvalue weighted by molar-refractivity contribution is 7.16. The molecule has 0 saturated carbocycles. The number of hydrogen-bond donors (Lipinski definition) is 2. The molecule has 1 amide bonds. The topological polar surface area (TPSA) is 77.2 Å². The number of nitrogens with two attached hydrogens (primary N) is 1. The van der Waals surface area contributed by atoms with Crippen LogP contribution in [0, 0.1) is 6.92 Å². The quantitative estimate of drug-likeness (QED) is 0.821. The number of benzene rings is 1. The summed E-state index contributed by atoms with van der Waals surface area (Å²) in [6, 6.07) is 7.85. The second-order valence-electron chi connectivity index (χ2n) is 4.88. The Morgan fingerprint density at radius 3 is 2.73 bits per heavy atom.